The molecule has 0 radical (unpaired) electrons. The Bertz CT molecular complexity index is 261. The Balaban J connectivity index is 4.05. The molecule has 6 nitrogen and oxygen atoms in total. The molecule has 0 amide bonds. The molecule has 0 spiro atoms. The summed E-state index contributed by atoms with van der Waals surface area (Å²) >= 11 is 0. The molecule has 0 atom stereocenters. The topological polar surface area (TPSA) is 112 Å². The van der Waals surface area contributed by atoms with Crippen LogP contribution >= 0.6 is 0 Å². The first-order valence-corrected chi connectivity index (χ1v) is 4.67. The Labute approximate surface area is 89.7 Å². The van der Waals surface area contributed by atoms with Gasteiger partial charge in [0.05, 0.1) is 5.84 Å². The Kier molecular flexibility index (Phi) is 5.92. The van der Waals surface area contributed by atoms with Gasteiger partial charge in [-0.25, -0.2) is 0 Å². The van der Waals surface area contributed by atoms with Gasteiger partial charge in [0.1, 0.15) is 5.84 Å². The number of nitrogens with two attached hydrogens (primary N) is 2. The van der Waals surface area contributed by atoms with E-state index in [1.807, 2.05) is 11.8 Å². The van der Waals surface area contributed by atoms with Crippen molar-refractivity contribution in [2.75, 3.05) is 13.1 Å². The number of nitrogens with zero attached hydrogens (tertiary/aromatic N) is 2. The number of rotatable bonds is 7. The van der Waals surface area contributed by atoms with E-state index in [0.717, 1.165) is 5.70 Å². The maximum atomic E-state index is 8.37. The SMILES string of the molecule is C=C(C)N(CCC(=N)N)CC/C(N)=N/O. The monoisotopic (exact) mass is 213 g/mol. The minimum Gasteiger partial charge on any atom is -0.409 e. The van der Waals surface area contributed by atoms with Crippen molar-refractivity contribution in [3.05, 3.63) is 12.3 Å². The zero-order valence-electron chi connectivity index (χ0n) is 9.03. The molecule has 0 bridgehead atoms. The average molecular weight is 213 g/mol. The molecule has 0 aliphatic carbocycles. The van der Waals surface area contributed by atoms with Crippen molar-refractivity contribution in [3.8, 4) is 0 Å². The Morgan fingerprint density at radius 3 is 2.33 bits per heavy atom. The van der Waals surface area contributed by atoms with Gasteiger partial charge in [-0.05, 0) is 6.92 Å². The number of hydrogen-bond acceptors (Lipinski definition) is 4. The van der Waals surface area contributed by atoms with E-state index in [1.165, 1.54) is 0 Å². The van der Waals surface area contributed by atoms with Crippen LogP contribution in [0.5, 0.6) is 0 Å². The van der Waals surface area contributed by atoms with Crippen molar-refractivity contribution in [1.29, 1.82) is 5.41 Å². The summed E-state index contributed by atoms with van der Waals surface area (Å²) in [5.74, 6) is 0.328. The number of amidine groups is 2. The van der Waals surface area contributed by atoms with Gasteiger partial charge in [-0.2, -0.15) is 0 Å². The standard InChI is InChI=1S/C9H19N5O/c1-7(2)14(5-3-8(10)11)6-4-9(12)13-15/h15H,1,3-6H2,2H3,(H3,10,11)(H2,12,13). The van der Waals surface area contributed by atoms with E-state index >= 15 is 0 Å². The third-order valence-corrected chi connectivity index (χ3v) is 1.96. The quantitative estimate of drug-likeness (QED) is 0.211. The second-order valence-corrected chi connectivity index (χ2v) is 3.34. The zero-order valence-corrected chi connectivity index (χ0v) is 9.03. The van der Waals surface area contributed by atoms with Crippen LogP contribution in [0.3, 0.4) is 0 Å². The van der Waals surface area contributed by atoms with Crippen LogP contribution in [0.25, 0.3) is 0 Å². The van der Waals surface area contributed by atoms with E-state index in [0.29, 0.717) is 25.9 Å². The molecule has 0 rings (SSSR count). The van der Waals surface area contributed by atoms with E-state index in [1.54, 1.807) is 0 Å². The van der Waals surface area contributed by atoms with Crippen molar-refractivity contribution in [1.82, 2.24) is 4.90 Å². The van der Waals surface area contributed by atoms with Crippen LogP contribution in [-0.4, -0.2) is 34.9 Å². The predicted octanol–water partition coefficient (Wildman–Crippen LogP) is 0.285. The first kappa shape index (κ1) is 13.3. The fourth-order valence-corrected chi connectivity index (χ4v) is 1.05. The molecule has 0 fully saturated rings. The summed E-state index contributed by atoms with van der Waals surface area (Å²) in [6.07, 6.45) is 0.949. The first-order valence-electron chi connectivity index (χ1n) is 4.67. The van der Waals surface area contributed by atoms with E-state index in [-0.39, 0.29) is 11.7 Å². The zero-order chi connectivity index (χ0) is 11.8. The molecule has 6 N–H and O–H groups in total. The smallest absolute Gasteiger partial charge is 0.140 e. The molecule has 0 aromatic carbocycles. The van der Waals surface area contributed by atoms with Gasteiger partial charge < -0.3 is 21.6 Å². The van der Waals surface area contributed by atoms with Gasteiger partial charge in [-0.3, -0.25) is 5.41 Å². The van der Waals surface area contributed by atoms with Gasteiger partial charge in [0, 0.05) is 31.6 Å². The second-order valence-electron chi connectivity index (χ2n) is 3.34. The highest BCUT2D eigenvalue weighted by atomic mass is 16.4. The summed E-state index contributed by atoms with van der Waals surface area (Å²) in [5, 5.41) is 18.4. The molecule has 0 unspecified atom stereocenters. The van der Waals surface area contributed by atoms with E-state index in [4.69, 9.17) is 22.1 Å². The fraction of sp³-hybridized carbons (Fsp3) is 0.556. The molecule has 0 aromatic heterocycles. The van der Waals surface area contributed by atoms with Crippen LogP contribution in [-0.2, 0) is 0 Å². The lowest BCUT2D eigenvalue weighted by molar-refractivity contribution is 0.313. The molecule has 0 saturated heterocycles. The van der Waals surface area contributed by atoms with Crippen LogP contribution in [0, 0.1) is 5.41 Å². The third-order valence-electron chi connectivity index (χ3n) is 1.96. The maximum Gasteiger partial charge on any atom is 0.140 e. The highest BCUT2D eigenvalue weighted by Crippen LogP contribution is 2.03. The number of oxime groups is 1. The van der Waals surface area contributed by atoms with Crippen LogP contribution < -0.4 is 11.5 Å². The Hall–Kier alpha value is -1.72. The fourth-order valence-electron chi connectivity index (χ4n) is 1.05. The normalized spacial score (nSPS) is 11.1. The maximum absolute atomic E-state index is 8.37. The summed E-state index contributed by atoms with van der Waals surface area (Å²) < 4.78 is 0. The Morgan fingerprint density at radius 1 is 1.40 bits per heavy atom. The van der Waals surface area contributed by atoms with Crippen LogP contribution in [0.4, 0.5) is 0 Å². The van der Waals surface area contributed by atoms with E-state index in [9.17, 15) is 0 Å². The number of nitrogens with one attached hydrogen (secondary N) is 1. The van der Waals surface area contributed by atoms with Crippen molar-refractivity contribution >= 4 is 11.7 Å². The Morgan fingerprint density at radius 2 is 1.93 bits per heavy atom. The van der Waals surface area contributed by atoms with Gasteiger partial charge in [0.2, 0.25) is 0 Å². The molecule has 0 aliphatic rings. The molecular weight excluding hydrogens is 194 g/mol. The highest BCUT2D eigenvalue weighted by molar-refractivity contribution is 5.79. The van der Waals surface area contributed by atoms with Crippen LogP contribution in [0.15, 0.2) is 17.4 Å². The van der Waals surface area contributed by atoms with Crippen molar-refractivity contribution in [2.24, 2.45) is 16.6 Å². The number of hydrogen-bond donors (Lipinski definition) is 4. The molecule has 86 valence electrons. The summed E-state index contributed by atoms with van der Waals surface area (Å²) in [4.78, 5) is 1.94. The second kappa shape index (κ2) is 6.69. The summed E-state index contributed by atoms with van der Waals surface area (Å²) in [6.45, 7) is 6.91. The highest BCUT2D eigenvalue weighted by Gasteiger charge is 2.05. The van der Waals surface area contributed by atoms with Crippen molar-refractivity contribution in [2.45, 2.75) is 19.8 Å². The third kappa shape index (κ3) is 6.36. The molecule has 0 saturated carbocycles. The average Bonchev–Trinajstić information content (AvgIpc) is 2.16. The lowest BCUT2D eigenvalue weighted by Gasteiger charge is -2.24. The summed E-state index contributed by atoms with van der Waals surface area (Å²) in [6, 6.07) is 0. The summed E-state index contributed by atoms with van der Waals surface area (Å²) in [7, 11) is 0. The first-order chi connectivity index (χ1) is 6.97. The number of allylic oxidation sites excluding steroid dienone is 1. The summed E-state index contributed by atoms with van der Waals surface area (Å²) in [5.41, 5.74) is 11.5. The van der Waals surface area contributed by atoms with Gasteiger partial charge in [0.25, 0.3) is 0 Å². The lowest BCUT2D eigenvalue weighted by atomic mass is 10.3. The van der Waals surface area contributed by atoms with Crippen LogP contribution in [0.2, 0.25) is 0 Å². The van der Waals surface area contributed by atoms with Gasteiger partial charge in [0.15, 0.2) is 0 Å². The molecule has 0 aliphatic heterocycles. The van der Waals surface area contributed by atoms with Crippen molar-refractivity contribution in [3.63, 3.8) is 0 Å². The van der Waals surface area contributed by atoms with E-state index < -0.39 is 0 Å². The van der Waals surface area contributed by atoms with Gasteiger partial charge in [-0.15, -0.1) is 0 Å². The minimum absolute atomic E-state index is 0.144. The molecule has 6 heteroatoms. The molecule has 0 aromatic rings. The van der Waals surface area contributed by atoms with Gasteiger partial charge >= 0.3 is 0 Å². The lowest BCUT2D eigenvalue weighted by Crippen LogP contribution is -2.29. The minimum atomic E-state index is 0.144. The molecule has 0 heterocycles. The van der Waals surface area contributed by atoms with Crippen LogP contribution in [0.1, 0.15) is 19.8 Å². The molecular formula is C9H19N5O. The van der Waals surface area contributed by atoms with Gasteiger partial charge in [-0.1, -0.05) is 11.7 Å². The predicted molar refractivity (Wildman–Crippen MR) is 60.9 cm³/mol. The van der Waals surface area contributed by atoms with E-state index in [2.05, 4.69) is 11.7 Å². The van der Waals surface area contributed by atoms with Crippen molar-refractivity contribution < 1.29 is 5.21 Å². The largest absolute Gasteiger partial charge is 0.409 e. The molecule has 15 heavy (non-hydrogen) atoms.